The number of hydrogen-bond donors (Lipinski definition) is 1. The molecule has 0 aromatic rings. The lowest BCUT2D eigenvalue weighted by molar-refractivity contribution is -0.137. The maximum absolute atomic E-state index is 12.6. The molecule has 1 saturated carbocycles. The third kappa shape index (κ3) is 3.05. The van der Waals surface area contributed by atoms with E-state index >= 15 is 0 Å². The average Bonchev–Trinajstić information content (AvgIpc) is 2.76. The number of nitrogens with two attached hydrogens (primary N) is 1. The van der Waals surface area contributed by atoms with Gasteiger partial charge in [-0.3, -0.25) is 4.79 Å². The van der Waals surface area contributed by atoms with E-state index in [1.807, 2.05) is 4.90 Å². The van der Waals surface area contributed by atoms with Crippen LogP contribution in [0.3, 0.4) is 0 Å². The zero-order chi connectivity index (χ0) is 13.2. The Hall–Kier alpha value is -0.570. The lowest BCUT2D eigenvalue weighted by atomic mass is 9.81. The van der Waals surface area contributed by atoms with Crippen molar-refractivity contribution in [2.45, 2.75) is 64.3 Å². The SMILES string of the molecule is CC(C)CC1CCN(C(=O)C2(N)CCCCC2)C1. The molecule has 104 valence electrons. The van der Waals surface area contributed by atoms with Crippen LogP contribution < -0.4 is 5.73 Å². The van der Waals surface area contributed by atoms with Gasteiger partial charge in [0.1, 0.15) is 0 Å². The summed E-state index contributed by atoms with van der Waals surface area (Å²) in [5.74, 6) is 1.65. The summed E-state index contributed by atoms with van der Waals surface area (Å²) < 4.78 is 0. The number of carbonyl (C=O) groups excluding carboxylic acids is 1. The van der Waals surface area contributed by atoms with E-state index in [-0.39, 0.29) is 5.91 Å². The van der Waals surface area contributed by atoms with E-state index in [0.29, 0.717) is 5.92 Å². The fraction of sp³-hybridized carbons (Fsp3) is 0.933. The molecule has 2 fully saturated rings. The molecule has 3 heteroatoms. The first-order valence-electron chi connectivity index (χ1n) is 7.59. The predicted molar refractivity (Wildman–Crippen MR) is 74.1 cm³/mol. The van der Waals surface area contributed by atoms with Crippen LogP contribution in [-0.2, 0) is 4.79 Å². The molecule has 1 amide bonds. The quantitative estimate of drug-likeness (QED) is 0.839. The van der Waals surface area contributed by atoms with E-state index in [0.717, 1.165) is 44.7 Å². The lowest BCUT2D eigenvalue weighted by Crippen LogP contribution is -2.55. The van der Waals surface area contributed by atoms with Crippen molar-refractivity contribution in [3.8, 4) is 0 Å². The molecule has 1 aliphatic heterocycles. The zero-order valence-corrected chi connectivity index (χ0v) is 12.0. The minimum absolute atomic E-state index is 0.230. The second kappa shape index (κ2) is 5.60. The maximum Gasteiger partial charge on any atom is 0.242 e. The lowest BCUT2D eigenvalue weighted by Gasteiger charge is -2.35. The van der Waals surface area contributed by atoms with Gasteiger partial charge in [0.15, 0.2) is 0 Å². The van der Waals surface area contributed by atoms with Gasteiger partial charge in [-0.1, -0.05) is 33.1 Å². The summed E-state index contributed by atoms with van der Waals surface area (Å²) in [6.45, 7) is 6.39. The molecule has 2 rings (SSSR count). The molecule has 0 spiro atoms. The molecule has 0 aromatic carbocycles. The van der Waals surface area contributed by atoms with E-state index in [4.69, 9.17) is 5.73 Å². The Balaban J connectivity index is 1.90. The largest absolute Gasteiger partial charge is 0.341 e. The third-order valence-corrected chi connectivity index (χ3v) is 4.55. The summed E-state index contributed by atoms with van der Waals surface area (Å²) in [5.41, 5.74) is 5.80. The predicted octanol–water partition coefficient (Wildman–Crippen LogP) is 2.54. The summed E-state index contributed by atoms with van der Waals surface area (Å²) in [5, 5.41) is 0. The molecule has 1 saturated heterocycles. The molecule has 1 unspecified atom stereocenters. The van der Waals surface area contributed by atoms with Crippen molar-refractivity contribution < 1.29 is 4.79 Å². The molecule has 1 heterocycles. The number of rotatable bonds is 3. The summed E-state index contributed by atoms with van der Waals surface area (Å²) in [4.78, 5) is 14.6. The minimum atomic E-state index is -0.537. The van der Waals surface area contributed by atoms with Crippen molar-refractivity contribution in [3.63, 3.8) is 0 Å². The van der Waals surface area contributed by atoms with E-state index in [1.165, 1.54) is 19.3 Å². The molecule has 0 radical (unpaired) electrons. The summed E-state index contributed by atoms with van der Waals surface area (Å²) in [7, 11) is 0. The Bertz CT molecular complexity index is 295. The molecule has 0 bridgehead atoms. The highest BCUT2D eigenvalue weighted by Gasteiger charge is 2.40. The number of nitrogens with zero attached hydrogens (tertiary/aromatic N) is 1. The van der Waals surface area contributed by atoms with Crippen LogP contribution in [0.4, 0.5) is 0 Å². The van der Waals surface area contributed by atoms with Crippen molar-refractivity contribution in [2.24, 2.45) is 17.6 Å². The van der Waals surface area contributed by atoms with Crippen molar-refractivity contribution in [1.29, 1.82) is 0 Å². The van der Waals surface area contributed by atoms with Crippen LogP contribution >= 0.6 is 0 Å². The molecule has 3 nitrogen and oxygen atoms in total. The van der Waals surface area contributed by atoms with Crippen LogP contribution in [0.1, 0.15) is 58.8 Å². The Morgan fingerprint density at radius 2 is 2.00 bits per heavy atom. The van der Waals surface area contributed by atoms with E-state index in [1.54, 1.807) is 0 Å². The minimum Gasteiger partial charge on any atom is -0.341 e. The van der Waals surface area contributed by atoms with Crippen molar-refractivity contribution in [3.05, 3.63) is 0 Å². The van der Waals surface area contributed by atoms with Crippen LogP contribution in [0.15, 0.2) is 0 Å². The number of likely N-dealkylation sites (tertiary alicyclic amines) is 1. The molecule has 1 aliphatic carbocycles. The highest BCUT2D eigenvalue weighted by molar-refractivity contribution is 5.86. The highest BCUT2D eigenvalue weighted by Crippen LogP contribution is 2.31. The first-order valence-corrected chi connectivity index (χ1v) is 7.59. The second-order valence-corrected chi connectivity index (χ2v) is 6.75. The Labute approximate surface area is 111 Å². The first kappa shape index (κ1) is 13.9. The topological polar surface area (TPSA) is 46.3 Å². The summed E-state index contributed by atoms with van der Waals surface area (Å²) >= 11 is 0. The van der Waals surface area contributed by atoms with E-state index < -0.39 is 5.54 Å². The normalized spacial score (nSPS) is 27.8. The van der Waals surface area contributed by atoms with Gasteiger partial charge in [-0.25, -0.2) is 0 Å². The van der Waals surface area contributed by atoms with Gasteiger partial charge >= 0.3 is 0 Å². The highest BCUT2D eigenvalue weighted by atomic mass is 16.2. The van der Waals surface area contributed by atoms with Gasteiger partial charge in [0.25, 0.3) is 0 Å². The summed E-state index contributed by atoms with van der Waals surface area (Å²) in [6.07, 6.45) is 7.65. The third-order valence-electron chi connectivity index (χ3n) is 4.55. The molecular weight excluding hydrogens is 224 g/mol. The maximum atomic E-state index is 12.6. The zero-order valence-electron chi connectivity index (χ0n) is 12.0. The molecule has 2 aliphatic rings. The van der Waals surface area contributed by atoms with Gasteiger partial charge < -0.3 is 10.6 Å². The second-order valence-electron chi connectivity index (χ2n) is 6.75. The molecule has 1 atom stereocenters. The average molecular weight is 252 g/mol. The van der Waals surface area contributed by atoms with Gasteiger partial charge in [-0.15, -0.1) is 0 Å². The van der Waals surface area contributed by atoms with Crippen molar-refractivity contribution in [1.82, 2.24) is 4.90 Å². The number of hydrogen-bond acceptors (Lipinski definition) is 2. The van der Waals surface area contributed by atoms with Crippen molar-refractivity contribution in [2.75, 3.05) is 13.1 Å². The first-order chi connectivity index (χ1) is 8.51. The van der Waals surface area contributed by atoms with Gasteiger partial charge in [0.05, 0.1) is 5.54 Å². The smallest absolute Gasteiger partial charge is 0.242 e. The van der Waals surface area contributed by atoms with Crippen LogP contribution in [0.2, 0.25) is 0 Å². The Kier molecular flexibility index (Phi) is 4.31. The standard InChI is InChI=1S/C15H28N2O/c1-12(2)10-13-6-9-17(11-13)14(18)15(16)7-4-3-5-8-15/h12-13H,3-11,16H2,1-2H3. The summed E-state index contributed by atoms with van der Waals surface area (Å²) in [6, 6.07) is 0. The van der Waals surface area contributed by atoms with Gasteiger partial charge in [0, 0.05) is 13.1 Å². The fourth-order valence-corrected chi connectivity index (χ4v) is 3.59. The fourth-order valence-electron chi connectivity index (χ4n) is 3.59. The number of amides is 1. The Morgan fingerprint density at radius 1 is 1.33 bits per heavy atom. The van der Waals surface area contributed by atoms with E-state index in [2.05, 4.69) is 13.8 Å². The van der Waals surface area contributed by atoms with Crippen LogP contribution in [0, 0.1) is 11.8 Å². The van der Waals surface area contributed by atoms with E-state index in [9.17, 15) is 4.79 Å². The monoisotopic (exact) mass is 252 g/mol. The molecule has 2 N–H and O–H groups in total. The molecule has 18 heavy (non-hydrogen) atoms. The van der Waals surface area contributed by atoms with Crippen LogP contribution in [0.5, 0.6) is 0 Å². The van der Waals surface area contributed by atoms with Crippen molar-refractivity contribution >= 4 is 5.91 Å². The van der Waals surface area contributed by atoms with Gasteiger partial charge in [-0.2, -0.15) is 0 Å². The molecular formula is C15H28N2O. The van der Waals surface area contributed by atoms with Crippen LogP contribution in [-0.4, -0.2) is 29.4 Å². The van der Waals surface area contributed by atoms with Crippen LogP contribution in [0.25, 0.3) is 0 Å². The number of carbonyl (C=O) groups is 1. The molecule has 0 aromatic heterocycles. The van der Waals surface area contributed by atoms with Gasteiger partial charge in [-0.05, 0) is 37.5 Å². The van der Waals surface area contributed by atoms with Gasteiger partial charge in [0.2, 0.25) is 5.91 Å². The Morgan fingerprint density at radius 3 is 2.61 bits per heavy atom.